The lowest BCUT2D eigenvalue weighted by atomic mass is 10.2. The van der Waals surface area contributed by atoms with Crippen LogP contribution in [0.15, 0.2) is 30.5 Å². The van der Waals surface area contributed by atoms with Crippen LogP contribution in [0.4, 0.5) is 0 Å². The Morgan fingerprint density at radius 2 is 2.21 bits per heavy atom. The van der Waals surface area contributed by atoms with E-state index in [9.17, 15) is 0 Å². The summed E-state index contributed by atoms with van der Waals surface area (Å²) in [5.74, 6) is 0.849. The first-order chi connectivity index (χ1) is 9.26. The van der Waals surface area contributed by atoms with Gasteiger partial charge in [-0.2, -0.15) is 5.10 Å². The molecule has 0 saturated heterocycles. The Morgan fingerprint density at radius 1 is 1.32 bits per heavy atom. The molecule has 19 heavy (non-hydrogen) atoms. The van der Waals surface area contributed by atoms with Gasteiger partial charge in [0.25, 0.3) is 0 Å². The highest BCUT2D eigenvalue weighted by Crippen LogP contribution is 2.24. The van der Waals surface area contributed by atoms with Crippen LogP contribution >= 0.6 is 11.6 Å². The second kappa shape index (κ2) is 5.23. The summed E-state index contributed by atoms with van der Waals surface area (Å²) in [4.78, 5) is 2.37. The molecule has 1 aliphatic rings. The van der Waals surface area contributed by atoms with Crippen LogP contribution in [0, 0.1) is 0 Å². The first-order valence-electron chi connectivity index (χ1n) is 6.32. The number of benzene rings is 1. The molecular weight excluding hydrogens is 262 g/mol. The van der Waals surface area contributed by atoms with Gasteiger partial charge >= 0.3 is 0 Å². The highest BCUT2D eigenvalue weighted by molar-refractivity contribution is 6.31. The van der Waals surface area contributed by atoms with Crippen LogP contribution < -0.4 is 4.74 Å². The number of halogens is 1. The number of ether oxygens (including phenoxy) is 1. The highest BCUT2D eigenvalue weighted by atomic mass is 35.5. The SMILES string of the molecule is COc1ccc(Cl)c(CN2CCn3nccc3C2)c1. The van der Waals surface area contributed by atoms with Crippen molar-refractivity contribution in [2.45, 2.75) is 19.6 Å². The van der Waals surface area contributed by atoms with Crippen LogP contribution in [-0.2, 0) is 19.6 Å². The monoisotopic (exact) mass is 277 g/mol. The van der Waals surface area contributed by atoms with Crippen LogP contribution in [0.2, 0.25) is 5.02 Å². The van der Waals surface area contributed by atoms with Gasteiger partial charge in [0.15, 0.2) is 0 Å². The van der Waals surface area contributed by atoms with Crippen molar-refractivity contribution in [3.05, 3.63) is 46.7 Å². The zero-order chi connectivity index (χ0) is 13.2. The van der Waals surface area contributed by atoms with E-state index in [1.807, 2.05) is 24.4 Å². The first kappa shape index (κ1) is 12.5. The number of methoxy groups -OCH3 is 1. The van der Waals surface area contributed by atoms with Crippen molar-refractivity contribution in [3.8, 4) is 5.75 Å². The van der Waals surface area contributed by atoms with E-state index in [0.29, 0.717) is 0 Å². The third-order valence-corrected chi connectivity index (χ3v) is 3.83. The minimum atomic E-state index is 0.792. The molecule has 0 atom stereocenters. The molecular formula is C14H16ClN3O. The maximum Gasteiger partial charge on any atom is 0.119 e. The average Bonchev–Trinajstić information content (AvgIpc) is 2.89. The Kier molecular flexibility index (Phi) is 3.44. The van der Waals surface area contributed by atoms with Crippen molar-refractivity contribution in [1.29, 1.82) is 0 Å². The Balaban J connectivity index is 1.76. The van der Waals surface area contributed by atoms with Crippen molar-refractivity contribution in [1.82, 2.24) is 14.7 Å². The number of nitrogens with zero attached hydrogens (tertiary/aromatic N) is 3. The lowest BCUT2D eigenvalue weighted by Gasteiger charge is -2.27. The van der Waals surface area contributed by atoms with Gasteiger partial charge in [-0.05, 0) is 29.8 Å². The molecule has 2 heterocycles. The third-order valence-electron chi connectivity index (χ3n) is 3.46. The predicted molar refractivity (Wildman–Crippen MR) is 74.3 cm³/mol. The van der Waals surface area contributed by atoms with Gasteiger partial charge in [0, 0.05) is 30.9 Å². The van der Waals surface area contributed by atoms with E-state index in [-0.39, 0.29) is 0 Å². The molecule has 0 unspecified atom stereocenters. The highest BCUT2D eigenvalue weighted by Gasteiger charge is 2.17. The topological polar surface area (TPSA) is 30.3 Å². The van der Waals surface area contributed by atoms with Crippen LogP contribution in [0.3, 0.4) is 0 Å². The number of hydrogen-bond acceptors (Lipinski definition) is 3. The maximum atomic E-state index is 6.25. The summed E-state index contributed by atoms with van der Waals surface area (Å²) in [7, 11) is 1.67. The lowest BCUT2D eigenvalue weighted by Crippen LogP contribution is -2.33. The number of rotatable bonds is 3. The Labute approximate surface area is 117 Å². The molecule has 5 heteroatoms. The molecule has 0 fully saturated rings. The zero-order valence-electron chi connectivity index (χ0n) is 10.8. The maximum absolute atomic E-state index is 6.25. The van der Waals surface area contributed by atoms with Gasteiger partial charge in [0.05, 0.1) is 19.3 Å². The van der Waals surface area contributed by atoms with Crippen LogP contribution in [-0.4, -0.2) is 28.3 Å². The molecule has 2 aromatic rings. The van der Waals surface area contributed by atoms with E-state index in [1.165, 1.54) is 5.69 Å². The average molecular weight is 278 g/mol. The Morgan fingerprint density at radius 3 is 3.05 bits per heavy atom. The van der Waals surface area contributed by atoms with Crippen molar-refractivity contribution in [3.63, 3.8) is 0 Å². The Hall–Kier alpha value is -1.52. The smallest absolute Gasteiger partial charge is 0.119 e. The molecule has 0 saturated carbocycles. The minimum Gasteiger partial charge on any atom is -0.497 e. The molecule has 4 nitrogen and oxygen atoms in total. The summed E-state index contributed by atoms with van der Waals surface area (Å²) < 4.78 is 7.31. The normalized spacial score (nSPS) is 15.3. The fourth-order valence-corrected chi connectivity index (χ4v) is 2.59. The van der Waals surface area contributed by atoms with Crippen LogP contribution in [0.1, 0.15) is 11.3 Å². The van der Waals surface area contributed by atoms with Gasteiger partial charge in [0.1, 0.15) is 5.75 Å². The lowest BCUT2D eigenvalue weighted by molar-refractivity contribution is 0.205. The van der Waals surface area contributed by atoms with E-state index in [1.54, 1.807) is 7.11 Å². The molecule has 3 rings (SSSR count). The predicted octanol–water partition coefficient (Wildman–Crippen LogP) is 2.56. The van der Waals surface area contributed by atoms with Crippen LogP contribution in [0.25, 0.3) is 0 Å². The van der Waals surface area contributed by atoms with Crippen LogP contribution in [0.5, 0.6) is 5.75 Å². The fraction of sp³-hybridized carbons (Fsp3) is 0.357. The standard InChI is InChI=1S/C14H16ClN3O/c1-19-13-2-3-14(15)11(8-13)9-17-6-7-18-12(10-17)4-5-16-18/h2-5,8H,6-7,9-10H2,1H3. The molecule has 0 spiro atoms. The summed E-state index contributed by atoms with van der Waals surface area (Å²) in [5.41, 5.74) is 2.36. The molecule has 1 aromatic carbocycles. The molecule has 0 aliphatic carbocycles. The van der Waals surface area contributed by atoms with Crippen molar-refractivity contribution >= 4 is 11.6 Å². The van der Waals surface area contributed by atoms with Gasteiger partial charge in [-0.3, -0.25) is 9.58 Å². The number of fused-ring (bicyclic) bond motifs is 1. The van der Waals surface area contributed by atoms with Gasteiger partial charge in [-0.1, -0.05) is 11.6 Å². The first-order valence-corrected chi connectivity index (χ1v) is 6.69. The fourth-order valence-electron chi connectivity index (χ4n) is 2.42. The minimum absolute atomic E-state index is 0.792. The number of hydrogen-bond donors (Lipinski definition) is 0. The molecule has 0 radical (unpaired) electrons. The summed E-state index contributed by atoms with van der Waals surface area (Å²) in [5, 5.41) is 5.08. The van der Waals surface area contributed by atoms with Crippen molar-refractivity contribution in [2.75, 3.05) is 13.7 Å². The summed E-state index contributed by atoms with van der Waals surface area (Å²) in [6.45, 7) is 3.67. The largest absolute Gasteiger partial charge is 0.497 e. The van der Waals surface area contributed by atoms with Gasteiger partial charge in [0.2, 0.25) is 0 Å². The molecule has 0 bridgehead atoms. The summed E-state index contributed by atoms with van der Waals surface area (Å²) >= 11 is 6.25. The summed E-state index contributed by atoms with van der Waals surface area (Å²) in [6.07, 6.45) is 1.86. The van der Waals surface area contributed by atoms with Gasteiger partial charge in [-0.15, -0.1) is 0 Å². The van der Waals surface area contributed by atoms with Crippen molar-refractivity contribution < 1.29 is 4.74 Å². The van der Waals surface area contributed by atoms with Crippen molar-refractivity contribution in [2.24, 2.45) is 0 Å². The quantitative estimate of drug-likeness (QED) is 0.864. The molecule has 1 aromatic heterocycles. The zero-order valence-corrected chi connectivity index (χ0v) is 11.6. The second-order valence-corrected chi connectivity index (χ2v) is 5.12. The third kappa shape index (κ3) is 2.60. The van der Waals surface area contributed by atoms with Gasteiger partial charge < -0.3 is 4.74 Å². The second-order valence-electron chi connectivity index (χ2n) is 4.71. The molecule has 0 amide bonds. The van der Waals surface area contributed by atoms with E-state index in [0.717, 1.165) is 42.5 Å². The van der Waals surface area contributed by atoms with E-state index < -0.39 is 0 Å². The number of aromatic nitrogens is 2. The van der Waals surface area contributed by atoms with E-state index in [2.05, 4.69) is 20.7 Å². The van der Waals surface area contributed by atoms with Gasteiger partial charge in [-0.25, -0.2) is 0 Å². The molecule has 0 N–H and O–H groups in total. The molecule has 1 aliphatic heterocycles. The Bertz CT molecular complexity index is 582. The van der Waals surface area contributed by atoms with E-state index in [4.69, 9.17) is 16.3 Å². The molecule has 100 valence electrons. The summed E-state index contributed by atoms with van der Waals surface area (Å²) in [6, 6.07) is 7.86. The van der Waals surface area contributed by atoms with E-state index >= 15 is 0 Å².